The van der Waals surface area contributed by atoms with Crippen molar-refractivity contribution in [1.82, 2.24) is 5.32 Å². The first kappa shape index (κ1) is 12.7. The topological polar surface area (TPSA) is 21.3 Å². The molecule has 0 saturated heterocycles. The Kier molecular flexibility index (Phi) is 5.91. The van der Waals surface area contributed by atoms with Crippen LogP contribution in [0, 0.1) is 0 Å². The number of methoxy groups -OCH3 is 1. The Morgan fingerprint density at radius 1 is 1.40 bits per heavy atom. The molecule has 0 saturated carbocycles. The maximum absolute atomic E-state index is 5.06. The fourth-order valence-corrected chi connectivity index (χ4v) is 2.21. The quantitative estimate of drug-likeness (QED) is 0.803. The molecule has 1 N–H and O–H groups in total. The van der Waals surface area contributed by atoms with E-state index in [1.165, 1.54) is 10.0 Å². The lowest BCUT2D eigenvalue weighted by molar-refractivity contribution is 0.189. The van der Waals surface area contributed by atoms with Gasteiger partial charge in [0.15, 0.2) is 0 Å². The molecule has 0 aromatic heterocycles. The summed E-state index contributed by atoms with van der Waals surface area (Å²) in [5, 5.41) is 3.33. The standard InChI is InChI=1S/C12H18BrNO/c1-14-12(8-5-9-15-2)10-6-3-4-7-11(10)13/h3-4,6-7,12,14H,5,8-9H2,1-2H3. The first-order chi connectivity index (χ1) is 7.29. The summed E-state index contributed by atoms with van der Waals surface area (Å²) in [6.45, 7) is 0.822. The van der Waals surface area contributed by atoms with Crippen LogP contribution in [-0.2, 0) is 4.74 Å². The van der Waals surface area contributed by atoms with Crippen molar-refractivity contribution >= 4 is 15.9 Å². The Morgan fingerprint density at radius 2 is 2.13 bits per heavy atom. The molecule has 1 aromatic carbocycles. The van der Waals surface area contributed by atoms with Gasteiger partial charge in [-0.3, -0.25) is 0 Å². The van der Waals surface area contributed by atoms with E-state index in [-0.39, 0.29) is 0 Å². The Hall–Kier alpha value is -0.380. The van der Waals surface area contributed by atoms with Gasteiger partial charge in [-0.05, 0) is 31.5 Å². The summed E-state index contributed by atoms with van der Waals surface area (Å²) in [7, 11) is 3.74. The van der Waals surface area contributed by atoms with Gasteiger partial charge in [-0.1, -0.05) is 34.1 Å². The number of hydrogen-bond donors (Lipinski definition) is 1. The maximum atomic E-state index is 5.06. The minimum Gasteiger partial charge on any atom is -0.385 e. The molecule has 1 unspecified atom stereocenters. The molecule has 0 aliphatic heterocycles. The van der Waals surface area contributed by atoms with E-state index < -0.39 is 0 Å². The molecule has 84 valence electrons. The monoisotopic (exact) mass is 271 g/mol. The summed E-state index contributed by atoms with van der Waals surface area (Å²) in [5.41, 5.74) is 1.32. The van der Waals surface area contributed by atoms with Crippen molar-refractivity contribution in [3.63, 3.8) is 0 Å². The summed E-state index contributed by atoms with van der Waals surface area (Å²) in [6.07, 6.45) is 2.16. The van der Waals surface area contributed by atoms with Crippen molar-refractivity contribution in [2.75, 3.05) is 20.8 Å². The van der Waals surface area contributed by atoms with E-state index >= 15 is 0 Å². The first-order valence-electron chi connectivity index (χ1n) is 5.20. The van der Waals surface area contributed by atoms with Gasteiger partial charge in [0.25, 0.3) is 0 Å². The SMILES string of the molecule is CNC(CCCOC)c1ccccc1Br. The van der Waals surface area contributed by atoms with Gasteiger partial charge in [0, 0.05) is 24.2 Å². The number of halogens is 1. The minimum atomic E-state index is 0.399. The number of ether oxygens (including phenoxy) is 1. The molecule has 0 radical (unpaired) electrons. The highest BCUT2D eigenvalue weighted by Crippen LogP contribution is 2.25. The average Bonchev–Trinajstić information content (AvgIpc) is 2.26. The van der Waals surface area contributed by atoms with E-state index in [2.05, 4.69) is 39.4 Å². The van der Waals surface area contributed by atoms with Crippen LogP contribution in [0.25, 0.3) is 0 Å². The largest absolute Gasteiger partial charge is 0.385 e. The van der Waals surface area contributed by atoms with Crippen LogP contribution in [0.1, 0.15) is 24.4 Å². The second-order valence-electron chi connectivity index (χ2n) is 3.50. The van der Waals surface area contributed by atoms with Crippen LogP contribution in [0.5, 0.6) is 0 Å². The lowest BCUT2D eigenvalue weighted by Crippen LogP contribution is -2.17. The maximum Gasteiger partial charge on any atom is 0.0462 e. The third-order valence-electron chi connectivity index (χ3n) is 2.47. The molecule has 0 bridgehead atoms. The highest BCUT2D eigenvalue weighted by atomic mass is 79.9. The summed E-state index contributed by atoms with van der Waals surface area (Å²) < 4.78 is 6.23. The molecule has 0 spiro atoms. The zero-order valence-electron chi connectivity index (χ0n) is 9.29. The van der Waals surface area contributed by atoms with E-state index in [0.717, 1.165) is 19.4 Å². The molecule has 0 amide bonds. The van der Waals surface area contributed by atoms with Crippen LogP contribution in [0.15, 0.2) is 28.7 Å². The number of benzene rings is 1. The van der Waals surface area contributed by atoms with Gasteiger partial charge in [0.05, 0.1) is 0 Å². The predicted octanol–water partition coefficient (Wildman–Crippen LogP) is 3.14. The summed E-state index contributed by atoms with van der Waals surface area (Å²) in [4.78, 5) is 0. The predicted molar refractivity (Wildman–Crippen MR) is 67.1 cm³/mol. The van der Waals surface area contributed by atoms with E-state index in [1.807, 2.05) is 13.1 Å². The van der Waals surface area contributed by atoms with E-state index in [1.54, 1.807) is 7.11 Å². The Morgan fingerprint density at radius 3 is 2.73 bits per heavy atom. The van der Waals surface area contributed by atoms with E-state index in [4.69, 9.17) is 4.74 Å². The van der Waals surface area contributed by atoms with Crippen molar-refractivity contribution < 1.29 is 4.74 Å². The summed E-state index contributed by atoms with van der Waals surface area (Å²) >= 11 is 3.58. The molecule has 1 aromatic rings. The average molecular weight is 272 g/mol. The van der Waals surface area contributed by atoms with Crippen LogP contribution in [-0.4, -0.2) is 20.8 Å². The first-order valence-corrected chi connectivity index (χ1v) is 5.99. The van der Waals surface area contributed by atoms with Gasteiger partial charge in [-0.25, -0.2) is 0 Å². The highest BCUT2D eigenvalue weighted by molar-refractivity contribution is 9.10. The van der Waals surface area contributed by atoms with Crippen LogP contribution in [0.2, 0.25) is 0 Å². The number of hydrogen-bond acceptors (Lipinski definition) is 2. The molecule has 0 aliphatic rings. The Balaban J connectivity index is 2.61. The number of nitrogens with one attached hydrogen (secondary N) is 1. The van der Waals surface area contributed by atoms with Crippen molar-refractivity contribution in [3.05, 3.63) is 34.3 Å². The third-order valence-corrected chi connectivity index (χ3v) is 3.19. The molecule has 15 heavy (non-hydrogen) atoms. The van der Waals surface area contributed by atoms with Crippen LogP contribution in [0.4, 0.5) is 0 Å². The Labute approximate surface area is 100 Å². The van der Waals surface area contributed by atoms with Crippen LogP contribution >= 0.6 is 15.9 Å². The fraction of sp³-hybridized carbons (Fsp3) is 0.500. The highest BCUT2D eigenvalue weighted by Gasteiger charge is 2.11. The van der Waals surface area contributed by atoms with Crippen molar-refractivity contribution in [1.29, 1.82) is 0 Å². The van der Waals surface area contributed by atoms with Gasteiger partial charge in [0.2, 0.25) is 0 Å². The van der Waals surface area contributed by atoms with Crippen LogP contribution in [0.3, 0.4) is 0 Å². The smallest absolute Gasteiger partial charge is 0.0462 e. The van der Waals surface area contributed by atoms with Crippen LogP contribution < -0.4 is 5.32 Å². The third kappa shape index (κ3) is 3.93. The summed E-state index contributed by atoms with van der Waals surface area (Å²) in [5.74, 6) is 0. The molecule has 3 heteroatoms. The minimum absolute atomic E-state index is 0.399. The molecule has 2 nitrogen and oxygen atoms in total. The summed E-state index contributed by atoms with van der Waals surface area (Å²) in [6, 6.07) is 8.74. The molecule has 0 aliphatic carbocycles. The fourth-order valence-electron chi connectivity index (χ4n) is 1.64. The Bertz CT molecular complexity index is 291. The molecular weight excluding hydrogens is 254 g/mol. The van der Waals surface area contributed by atoms with Gasteiger partial charge < -0.3 is 10.1 Å². The molecule has 1 atom stereocenters. The van der Waals surface area contributed by atoms with Crippen molar-refractivity contribution in [3.8, 4) is 0 Å². The van der Waals surface area contributed by atoms with Gasteiger partial charge in [0.1, 0.15) is 0 Å². The molecule has 0 fully saturated rings. The van der Waals surface area contributed by atoms with Gasteiger partial charge in [-0.15, -0.1) is 0 Å². The normalized spacial score (nSPS) is 12.7. The van der Waals surface area contributed by atoms with Crippen molar-refractivity contribution in [2.24, 2.45) is 0 Å². The van der Waals surface area contributed by atoms with E-state index in [0.29, 0.717) is 6.04 Å². The van der Waals surface area contributed by atoms with Gasteiger partial charge in [-0.2, -0.15) is 0 Å². The molecule has 1 rings (SSSR count). The molecule has 0 heterocycles. The van der Waals surface area contributed by atoms with E-state index in [9.17, 15) is 0 Å². The van der Waals surface area contributed by atoms with Crippen molar-refractivity contribution in [2.45, 2.75) is 18.9 Å². The number of rotatable bonds is 6. The zero-order chi connectivity index (χ0) is 11.1. The second kappa shape index (κ2) is 6.99. The lowest BCUT2D eigenvalue weighted by Gasteiger charge is -2.17. The zero-order valence-corrected chi connectivity index (χ0v) is 10.9. The van der Waals surface area contributed by atoms with Gasteiger partial charge >= 0.3 is 0 Å². The second-order valence-corrected chi connectivity index (χ2v) is 4.35. The lowest BCUT2D eigenvalue weighted by atomic mass is 10.0. The molecular formula is C12H18BrNO.